The topological polar surface area (TPSA) is 63.3 Å². The van der Waals surface area contributed by atoms with Crippen molar-refractivity contribution in [3.63, 3.8) is 0 Å². The lowest BCUT2D eigenvalue weighted by atomic mass is 10.0. The van der Waals surface area contributed by atoms with Gasteiger partial charge in [-0.1, -0.05) is 12.5 Å². The molecule has 0 aromatic rings. The number of aliphatic carboxylic acids is 1. The number of hydrogen-bond acceptors (Lipinski definition) is 2. The Hall–Kier alpha value is -0.830. The van der Waals surface area contributed by atoms with Crippen LogP contribution in [0.3, 0.4) is 0 Å². The molecule has 1 aliphatic carbocycles. The van der Waals surface area contributed by atoms with Crippen LogP contribution in [0.25, 0.3) is 0 Å². The molecule has 0 unspecified atom stereocenters. The fourth-order valence-corrected chi connectivity index (χ4v) is 1.46. The number of nitrogens with two attached hydrogens (primary N) is 1. The van der Waals surface area contributed by atoms with E-state index in [0.717, 1.165) is 19.3 Å². The third-order valence-corrected chi connectivity index (χ3v) is 2.11. The van der Waals surface area contributed by atoms with Gasteiger partial charge in [0, 0.05) is 12.1 Å². The molecule has 1 fully saturated rings. The van der Waals surface area contributed by atoms with Gasteiger partial charge in [0.15, 0.2) is 0 Å². The minimum absolute atomic E-state index is 0.172. The molecule has 0 saturated heterocycles. The molecule has 1 aliphatic rings. The van der Waals surface area contributed by atoms with Gasteiger partial charge in [0.05, 0.1) is 0 Å². The number of rotatable bonds is 2. The Balaban J connectivity index is 2.42. The minimum atomic E-state index is -0.885. The van der Waals surface area contributed by atoms with Crippen LogP contribution in [0.4, 0.5) is 0 Å². The van der Waals surface area contributed by atoms with Crippen molar-refractivity contribution in [1.29, 1.82) is 0 Å². The summed E-state index contributed by atoms with van der Waals surface area (Å²) in [4.78, 5) is 10.1. The first-order valence-corrected chi connectivity index (χ1v) is 3.87. The van der Waals surface area contributed by atoms with E-state index in [2.05, 4.69) is 0 Å². The van der Waals surface area contributed by atoms with Gasteiger partial charge in [-0.05, 0) is 18.8 Å². The van der Waals surface area contributed by atoms with Crippen molar-refractivity contribution in [2.24, 2.45) is 11.7 Å². The molecule has 0 aliphatic heterocycles. The van der Waals surface area contributed by atoms with Crippen LogP contribution >= 0.6 is 0 Å². The van der Waals surface area contributed by atoms with Crippen LogP contribution in [0.1, 0.15) is 19.3 Å². The highest BCUT2D eigenvalue weighted by molar-refractivity contribution is 5.79. The van der Waals surface area contributed by atoms with Crippen LogP contribution in [0.5, 0.6) is 0 Å². The summed E-state index contributed by atoms with van der Waals surface area (Å²) in [6.45, 7) is 0. The molecule has 1 rings (SSSR count). The van der Waals surface area contributed by atoms with E-state index in [0.29, 0.717) is 0 Å². The number of carboxylic acids is 1. The average molecular weight is 155 g/mol. The molecular formula is C8H13NO2. The monoisotopic (exact) mass is 155 g/mol. The van der Waals surface area contributed by atoms with Gasteiger partial charge in [0.2, 0.25) is 0 Å². The summed E-state index contributed by atoms with van der Waals surface area (Å²) >= 11 is 0. The second kappa shape index (κ2) is 3.53. The molecule has 2 atom stereocenters. The Labute approximate surface area is 65.9 Å². The van der Waals surface area contributed by atoms with Gasteiger partial charge in [-0.2, -0.15) is 0 Å². The minimum Gasteiger partial charge on any atom is -0.478 e. The molecule has 1 saturated carbocycles. The molecule has 0 aromatic carbocycles. The maximum atomic E-state index is 10.1. The fourth-order valence-electron chi connectivity index (χ4n) is 1.46. The summed E-state index contributed by atoms with van der Waals surface area (Å²) in [5.74, 6) is -0.602. The number of carboxylic acid groups (broad SMARTS) is 1. The van der Waals surface area contributed by atoms with Crippen molar-refractivity contribution < 1.29 is 9.90 Å². The van der Waals surface area contributed by atoms with Crippen molar-refractivity contribution in [3.05, 3.63) is 12.2 Å². The van der Waals surface area contributed by atoms with Crippen LogP contribution in [-0.2, 0) is 4.79 Å². The zero-order valence-electron chi connectivity index (χ0n) is 6.36. The predicted octanol–water partition coefficient (Wildman–Crippen LogP) is 0.755. The molecule has 0 spiro atoms. The number of carbonyl (C=O) groups is 1. The predicted molar refractivity (Wildman–Crippen MR) is 42.1 cm³/mol. The third-order valence-electron chi connectivity index (χ3n) is 2.11. The Kier molecular flexibility index (Phi) is 2.65. The first-order valence-electron chi connectivity index (χ1n) is 3.87. The van der Waals surface area contributed by atoms with Crippen LogP contribution < -0.4 is 5.73 Å². The van der Waals surface area contributed by atoms with Crippen molar-refractivity contribution >= 4 is 5.97 Å². The molecule has 62 valence electrons. The Morgan fingerprint density at radius 3 is 2.73 bits per heavy atom. The largest absolute Gasteiger partial charge is 0.478 e. The lowest BCUT2D eigenvalue weighted by Crippen LogP contribution is -2.22. The normalized spacial score (nSPS) is 31.4. The van der Waals surface area contributed by atoms with E-state index < -0.39 is 5.97 Å². The second-order valence-corrected chi connectivity index (χ2v) is 2.96. The molecular weight excluding hydrogens is 142 g/mol. The van der Waals surface area contributed by atoms with E-state index in [9.17, 15) is 4.79 Å². The SMILES string of the molecule is N[C@@H]1CCC[C@@H]1/C=C/C(=O)O. The van der Waals surface area contributed by atoms with Gasteiger partial charge in [0.25, 0.3) is 0 Å². The Bertz CT molecular complexity index is 177. The zero-order chi connectivity index (χ0) is 8.27. The lowest BCUT2D eigenvalue weighted by molar-refractivity contribution is -0.131. The van der Waals surface area contributed by atoms with Crippen molar-refractivity contribution in [2.45, 2.75) is 25.3 Å². The average Bonchev–Trinajstić information content (AvgIpc) is 2.31. The molecule has 0 aromatic heterocycles. The summed E-state index contributed by atoms with van der Waals surface area (Å²) in [5.41, 5.74) is 5.72. The Morgan fingerprint density at radius 1 is 1.55 bits per heavy atom. The first kappa shape index (κ1) is 8.27. The summed E-state index contributed by atoms with van der Waals surface area (Å²) in [5, 5.41) is 8.33. The lowest BCUT2D eigenvalue weighted by Gasteiger charge is -2.08. The van der Waals surface area contributed by atoms with Gasteiger partial charge in [-0.3, -0.25) is 0 Å². The highest BCUT2D eigenvalue weighted by Crippen LogP contribution is 2.24. The van der Waals surface area contributed by atoms with E-state index in [1.807, 2.05) is 0 Å². The zero-order valence-corrected chi connectivity index (χ0v) is 6.36. The Morgan fingerprint density at radius 2 is 2.27 bits per heavy atom. The van der Waals surface area contributed by atoms with Crippen molar-refractivity contribution in [2.75, 3.05) is 0 Å². The third kappa shape index (κ3) is 2.35. The van der Waals surface area contributed by atoms with Crippen LogP contribution in [-0.4, -0.2) is 17.1 Å². The van der Waals surface area contributed by atoms with Gasteiger partial charge in [-0.25, -0.2) is 4.79 Å². The van der Waals surface area contributed by atoms with Crippen LogP contribution in [0.15, 0.2) is 12.2 Å². The standard InChI is InChI=1S/C8H13NO2/c9-7-3-1-2-6(7)4-5-8(10)11/h4-7H,1-3,9H2,(H,10,11)/b5-4+/t6-,7-/m1/s1. The molecule has 0 amide bonds. The molecule has 3 heteroatoms. The van der Waals surface area contributed by atoms with Gasteiger partial charge in [0.1, 0.15) is 0 Å². The van der Waals surface area contributed by atoms with E-state index in [-0.39, 0.29) is 12.0 Å². The molecule has 0 radical (unpaired) electrons. The molecule has 3 N–H and O–H groups in total. The first-order chi connectivity index (χ1) is 5.20. The highest BCUT2D eigenvalue weighted by Gasteiger charge is 2.20. The van der Waals surface area contributed by atoms with E-state index in [1.165, 1.54) is 6.08 Å². The summed E-state index contributed by atoms with van der Waals surface area (Å²) in [6, 6.07) is 0.172. The smallest absolute Gasteiger partial charge is 0.327 e. The molecule has 3 nitrogen and oxygen atoms in total. The van der Waals surface area contributed by atoms with Gasteiger partial charge < -0.3 is 10.8 Å². The van der Waals surface area contributed by atoms with Gasteiger partial charge >= 0.3 is 5.97 Å². The summed E-state index contributed by atoms with van der Waals surface area (Å²) in [7, 11) is 0. The fraction of sp³-hybridized carbons (Fsp3) is 0.625. The molecule has 11 heavy (non-hydrogen) atoms. The molecule has 0 heterocycles. The van der Waals surface area contributed by atoms with Crippen LogP contribution in [0, 0.1) is 5.92 Å². The van der Waals surface area contributed by atoms with Gasteiger partial charge in [-0.15, -0.1) is 0 Å². The molecule has 0 bridgehead atoms. The van der Waals surface area contributed by atoms with Crippen molar-refractivity contribution in [1.82, 2.24) is 0 Å². The van der Waals surface area contributed by atoms with E-state index in [4.69, 9.17) is 10.8 Å². The quantitative estimate of drug-likeness (QED) is 0.578. The summed E-state index contributed by atoms with van der Waals surface area (Å²) in [6.07, 6.45) is 6.07. The second-order valence-electron chi connectivity index (χ2n) is 2.96. The summed E-state index contributed by atoms with van der Waals surface area (Å²) < 4.78 is 0. The number of hydrogen-bond donors (Lipinski definition) is 2. The van der Waals surface area contributed by atoms with E-state index >= 15 is 0 Å². The highest BCUT2D eigenvalue weighted by atomic mass is 16.4. The maximum absolute atomic E-state index is 10.1. The van der Waals surface area contributed by atoms with Crippen LogP contribution in [0.2, 0.25) is 0 Å². The van der Waals surface area contributed by atoms with Crippen molar-refractivity contribution in [3.8, 4) is 0 Å². The van der Waals surface area contributed by atoms with E-state index in [1.54, 1.807) is 6.08 Å². The maximum Gasteiger partial charge on any atom is 0.327 e.